The summed E-state index contributed by atoms with van der Waals surface area (Å²) in [5.41, 5.74) is 0. The molecule has 0 radical (unpaired) electrons. The van der Waals surface area contributed by atoms with E-state index >= 15 is 0 Å². The van der Waals surface area contributed by atoms with Crippen molar-refractivity contribution in [2.45, 2.75) is 232 Å². The van der Waals surface area contributed by atoms with Gasteiger partial charge in [0.2, 0.25) is 0 Å². The van der Waals surface area contributed by atoms with Crippen molar-refractivity contribution in [2.75, 3.05) is 13.2 Å². The zero-order chi connectivity index (χ0) is 43.0. The molecule has 1 atom stereocenters. The van der Waals surface area contributed by atoms with E-state index in [9.17, 15) is 14.4 Å². The number of unbranched alkanes of at least 4 members (excludes halogenated alkanes) is 22. The van der Waals surface area contributed by atoms with Crippen LogP contribution in [0.5, 0.6) is 0 Å². The zero-order valence-corrected chi connectivity index (χ0v) is 38.5. The number of carbonyl (C=O) groups is 3. The summed E-state index contributed by atoms with van der Waals surface area (Å²) in [4.78, 5) is 37.8. The molecule has 0 heterocycles. The minimum absolute atomic E-state index is 0.0909. The first-order valence-electron chi connectivity index (χ1n) is 24.5. The summed E-state index contributed by atoms with van der Waals surface area (Å²) in [6.07, 6.45) is 58.8. The van der Waals surface area contributed by atoms with E-state index in [0.717, 1.165) is 109 Å². The molecule has 6 heteroatoms. The van der Waals surface area contributed by atoms with Crippen LogP contribution in [0, 0.1) is 0 Å². The lowest BCUT2D eigenvalue weighted by atomic mass is 10.1. The van der Waals surface area contributed by atoms with Gasteiger partial charge in [0.15, 0.2) is 6.10 Å². The molecule has 59 heavy (non-hydrogen) atoms. The monoisotopic (exact) mass is 823 g/mol. The van der Waals surface area contributed by atoms with E-state index in [4.69, 9.17) is 14.2 Å². The van der Waals surface area contributed by atoms with Gasteiger partial charge in [0.05, 0.1) is 0 Å². The summed E-state index contributed by atoms with van der Waals surface area (Å²) in [5, 5.41) is 0. The van der Waals surface area contributed by atoms with Gasteiger partial charge in [-0.1, -0.05) is 203 Å². The predicted molar refractivity (Wildman–Crippen MR) is 251 cm³/mol. The number of rotatable bonds is 43. The van der Waals surface area contributed by atoms with Crippen LogP contribution in [0.25, 0.3) is 0 Å². The van der Waals surface area contributed by atoms with Gasteiger partial charge in [-0.15, -0.1) is 0 Å². The van der Waals surface area contributed by atoms with Gasteiger partial charge < -0.3 is 14.2 Å². The number of hydrogen-bond acceptors (Lipinski definition) is 6. The number of esters is 3. The average molecular weight is 823 g/mol. The molecule has 0 aliphatic rings. The molecular formula is C53H90O6. The molecule has 0 amide bonds. The lowest BCUT2D eigenvalue weighted by Crippen LogP contribution is -2.30. The van der Waals surface area contributed by atoms with E-state index in [1.165, 1.54) is 77.0 Å². The summed E-state index contributed by atoms with van der Waals surface area (Å²) in [5.74, 6) is -0.938. The van der Waals surface area contributed by atoms with E-state index in [1.54, 1.807) is 0 Å². The standard InChI is InChI=1S/C53H90O6/c1-4-7-10-13-16-19-21-23-25-26-27-28-30-31-34-37-40-43-46-52(55)58-49-50(48-57-51(54)45-42-39-36-33-18-15-12-9-6-3)59-53(56)47-44-41-38-35-32-29-24-22-20-17-14-11-8-5-2/h8,11,17,20-21,23-29,50H,4-7,9-10,12-16,18-19,22,30-49H2,1-3H3/b11-8-,20-17-,23-21-,26-25-,28-27-,29-24-. The molecule has 0 aromatic rings. The molecule has 0 fully saturated rings. The van der Waals surface area contributed by atoms with Gasteiger partial charge in [0.1, 0.15) is 13.2 Å². The van der Waals surface area contributed by atoms with Crippen LogP contribution in [0.3, 0.4) is 0 Å². The highest BCUT2D eigenvalue weighted by atomic mass is 16.6. The summed E-state index contributed by atoms with van der Waals surface area (Å²) in [6, 6.07) is 0. The Morgan fingerprint density at radius 3 is 1.17 bits per heavy atom. The quantitative estimate of drug-likeness (QED) is 0.0200. The normalized spacial score (nSPS) is 12.7. The molecule has 0 N–H and O–H groups in total. The maximum absolute atomic E-state index is 12.7. The van der Waals surface area contributed by atoms with E-state index in [0.29, 0.717) is 19.3 Å². The molecule has 0 aromatic carbocycles. The molecule has 338 valence electrons. The second-order valence-electron chi connectivity index (χ2n) is 16.1. The maximum atomic E-state index is 12.7. The molecular weight excluding hydrogens is 733 g/mol. The molecule has 0 aliphatic carbocycles. The first-order valence-corrected chi connectivity index (χ1v) is 24.5. The van der Waals surface area contributed by atoms with E-state index in [2.05, 4.69) is 93.7 Å². The van der Waals surface area contributed by atoms with Gasteiger partial charge in [-0.05, 0) is 77.0 Å². The molecule has 0 bridgehead atoms. The summed E-state index contributed by atoms with van der Waals surface area (Å²) in [6.45, 7) is 6.44. The fourth-order valence-corrected chi connectivity index (χ4v) is 6.57. The third-order valence-corrected chi connectivity index (χ3v) is 10.3. The van der Waals surface area contributed by atoms with Crippen molar-refractivity contribution in [2.24, 2.45) is 0 Å². The minimum Gasteiger partial charge on any atom is -0.462 e. The third kappa shape index (κ3) is 45.8. The number of hydrogen-bond donors (Lipinski definition) is 0. The molecule has 6 nitrogen and oxygen atoms in total. The zero-order valence-electron chi connectivity index (χ0n) is 38.5. The Morgan fingerprint density at radius 1 is 0.373 bits per heavy atom. The van der Waals surface area contributed by atoms with Crippen molar-refractivity contribution in [1.29, 1.82) is 0 Å². The lowest BCUT2D eigenvalue weighted by Gasteiger charge is -2.18. The van der Waals surface area contributed by atoms with E-state index in [-0.39, 0.29) is 31.1 Å². The fourth-order valence-electron chi connectivity index (χ4n) is 6.57. The van der Waals surface area contributed by atoms with Crippen LogP contribution in [-0.2, 0) is 28.6 Å². The topological polar surface area (TPSA) is 78.9 Å². The van der Waals surface area contributed by atoms with Crippen LogP contribution < -0.4 is 0 Å². The predicted octanol–water partition coefficient (Wildman–Crippen LogP) is 15.9. The first-order chi connectivity index (χ1) is 29.0. The van der Waals surface area contributed by atoms with Gasteiger partial charge >= 0.3 is 17.9 Å². The largest absolute Gasteiger partial charge is 0.462 e. The Balaban J connectivity index is 4.41. The van der Waals surface area contributed by atoms with Gasteiger partial charge in [0, 0.05) is 19.3 Å². The van der Waals surface area contributed by atoms with Crippen LogP contribution in [0.2, 0.25) is 0 Å². The smallest absolute Gasteiger partial charge is 0.306 e. The number of allylic oxidation sites excluding steroid dienone is 12. The summed E-state index contributed by atoms with van der Waals surface area (Å²) in [7, 11) is 0. The maximum Gasteiger partial charge on any atom is 0.306 e. The van der Waals surface area contributed by atoms with Crippen LogP contribution in [0.15, 0.2) is 72.9 Å². The molecule has 1 unspecified atom stereocenters. The van der Waals surface area contributed by atoms with Gasteiger partial charge in [0.25, 0.3) is 0 Å². The molecule has 0 spiro atoms. The highest BCUT2D eigenvalue weighted by molar-refractivity contribution is 5.71. The number of ether oxygens (including phenoxy) is 3. The molecule has 0 rings (SSSR count). The third-order valence-electron chi connectivity index (χ3n) is 10.3. The molecule has 0 aromatic heterocycles. The first kappa shape index (κ1) is 55.9. The van der Waals surface area contributed by atoms with Crippen molar-refractivity contribution >= 4 is 17.9 Å². The van der Waals surface area contributed by atoms with Crippen molar-refractivity contribution < 1.29 is 28.6 Å². The SMILES string of the molecule is CC/C=C\C/C=C\C/C=C\CCCCCCC(=O)OC(COC(=O)CCCCCCC\C=C/C=C\C=C/CCCCCCC)COC(=O)CCCCCCCCCCC. The van der Waals surface area contributed by atoms with Crippen LogP contribution in [0.1, 0.15) is 226 Å². The van der Waals surface area contributed by atoms with Crippen molar-refractivity contribution in [3.05, 3.63) is 72.9 Å². The Labute approximate surface area is 363 Å². The molecule has 0 aliphatic heterocycles. The lowest BCUT2D eigenvalue weighted by molar-refractivity contribution is -0.167. The van der Waals surface area contributed by atoms with E-state index in [1.807, 2.05) is 0 Å². The van der Waals surface area contributed by atoms with Crippen LogP contribution in [-0.4, -0.2) is 37.2 Å². The fraction of sp³-hybridized carbons (Fsp3) is 0.717. The second kappa shape index (κ2) is 47.5. The second-order valence-corrected chi connectivity index (χ2v) is 16.1. The Hall–Kier alpha value is -3.15. The van der Waals surface area contributed by atoms with Crippen LogP contribution in [0.4, 0.5) is 0 Å². The summed E-state index contributed by atoms with van der Waals surface area (Å²) < 4.78 is 16.7. The van der Waals surface area contributed by atoms with E-state index < -0.39 is 6.10 Å². The molecule has 0 saturated heterocycles. The van der Waals surface area contributed by atoms with Gasteiger partial charge in [-0.25, -0.2) is 0 Å². The van der Waals surface area contributed by atoms with Gasteiger partial charge in [-0.2, -0.15) is 0 Å². The minimum atomic E-state index is -0.792. The highest BCUT2D eigenvalue weighted by Gasteiger charge is 2.19. The average Bonchev–Trinajstić information content (AvgIpc) is 3.23. The van der Waals surface area contributed by atoms with Crippen molar-refractivity contribution in [3.63, 3.8) is 0 Å². The highest BCUT2D eigenvalue weighted by Crippen LogP contribution is 2.13. The van der Waals surface area contributed by atoms with Crippen molar-refractivity contribution in [3.8, 4) is 0 Å². The molecule has 0 saturated carbocycles. The Morgan fingerprint density at radius 2 is 0.729 bits per heavy atom. The number of carbonyl (C=O) groups excluding carboxylic acids is 3. The van der Waals surface area contributed by atoms with Crippen molar-refractivity contribution in [1.82, 2.24) is 0 Å². The Kier molecular flexibility index (Phi) is 45.0. The van der Waals surface area contributed by atoms with Crippen LogP contribution >= 0.6 is 0 Å². The van der Waals surface area contributed by atoms with Gasteiger partial charge in [-0.3, -0.25) is 14.4 Å². The summed E-state index contributed by atoms with van der Waals surface area (Å²) >= 11 is 0. The Bertz CT molecular complexity index is 1130.